The summed E-state index contributed by atoms with van der Waals surface area (Å²) in [6.45, 7) is 1.93. The molecule has 0 saturated heterocycles. The molecule has 13 heavy (non-hydrogen) atoms. The van der Waals surface area contributed by atoms with E-state index in [4.69, 9.17) is 17.3 Å². The van der Waals surface area contributed by atoms with E-state index in [9.17, 15) is 0 Å². The van der Waals surface area contributed by atoms with E-state index in [1.54, 1.807) is 10.7 Å². The zero-order valence-corrected chi connectivity index (χ0v) is 8.26. The van der Waals surface area contributed by atoms with Crippen LogP contribution in [0.1, 0.15) is 5.69 Å². The highest BCUT2D eigenvalue weighted by atomic mass is 35.5. The molecule has 0 saturated carbocycles. The Morgan fingerprint density at radius 2 is 2.15 bits per heavy atom. The number of fused-ring (bicyclic) bond motifs is 1. The molecule has 0 aliphatic rings. The summed E-state index contributed by atoms with van der Waals surface area (Å²) in [7, 11) is 1.88. The molecule has 0 amide bonds. The third-order valence-corrected chi connectivity index (χ3v) is 2.40. The van der Waals surface area contributed by atoms with Gasteiger partial charge in [0, 0.05) is 18.1 Å². The monoisotopic (exact) mass is 195 g/mol. The number of hydrogen-bond acceptors (Lipinski definition) is 2. The molecule has 2 aromatic rings. The highest BCUT2D eigenvalue weighted by Gasteiger charge is 2.08. The van der Waals surface area contributed by atoms with Crippen LogP contribution in [0.25, 0.3) is 10.9 Å². The molecule has 4 heteroatoms. The Labute approximate surface area is 81.1 Å². The Morgan fingerprint density at radius 1 is 1.46 bits per heavy atom. The fourth-order valence-electron chi connectivity index (χ4n) is 1.55. The van der Waals surface area contributed by atoms with E-state index in [-0.39, 0.29) is 0 Å². The van der Waals surface area contributed by atoms with Crippen LogP contribution in [0, 0.1) is 6.92 Å². The number of anilines is 1. The minimum Gasteiger partial charge on any atom is -0.399 e. The molecule has 0 radical (unpaired) electrons. The Morgan fingerprint density at radius 3 is 2.85 bits per heavy atom. The van der Waals surface area contributed by atoms with Gasteiger partial charge in [0.25, 0.3) is 0 Å². The second-order valence-electron chi connectivity index (χ2n) is 3.11. The van der Waals surface area contributed by atoms with Crippen LogP contribution in [0.2, 0.25) is 5.02 Å². The Bertz CT molecular complexity index is 473. The molecule has 1 aromatic heterocycles. The van der Waals surface area contributed by atoms with Crippen molar-refractivity contribution in [1.82, 2.24) is 9.78 Å². The molecular formula is C9H10ClN3. The SMILES string of the molecule is Cc1nn(C)c2cc(N)cc(Cl)c12. The van der Waals surface area contributed by atoms with E-state index >= 15 is 0 Å². The maximum absolute atomic E-state index is 6.05. The number of nitrogens with zero attached hydrogens (tertiary/aromatic N) is 2. The summed E-state index contributed by atoms with van der Waals surface area (Å²) >= 11 is 6.05. The third-order valence-electron chi connectivity index (χ3n) is 2.10. The number of aryl methyl sites for hydroxylation is 2. The van der Waals surface area contributed by atoms with Crippen LogP contribution in [-0.2, 0) is 7.05 Å². The van der Waals surface area contributed by atoms with Gasteiger partial charge in [0.1, 0.15) is 0 Å². The van der Waals surface area contributed by atoms with Gasteiger partial charge < -0.3 is 5.73 Å². The molecule has 1 aromatic carbocycles. The number of aromatic nitrogens is 2. The first kappa shape index (κ1) is 8.38. The number of halogens is 1. The number of benzene rings is 1. The van der Waals surface area contributed by atoms with Crippen molar-refractivity contribution in [2.75, 3.05) is 5.73 Å². The first-order valence-corrected chi connectivity index (χ1v) is 4.35. The summed E-state index contributed by atoms with van der Waals surface area (Å²) in [6.07, 6.45) is 0. The summed E-state index contributed by atoms with van der Waals surface area (Å²) in [5.74, 6) is 0. The Balaban J connectivity index is 2.97. The molecule has 0 unspecified atom stereocenters. The molecule has 0 aliphatic carbocycles. The van der Waals surface area contributed by atoms with E-state index in [0.29, 0.717) is 10.7 Å². The lowest BCUT2D eigenvalue weighted by Crippen LogP contribution is -1.91. The number of nitrogen functional groups attached to an aromatic ring is 1. The molecule has 0 spiro atoms. The highest BCUT2D eigenvalue weighted by Crippen LogP contribution is 2.28. The van der Waals surface area contributed by atoms with E-state index < -0.39 is 0 Å². The summed E-state index contributed by atoms with van der Waals surface area (Å²) in [5, 5.41) is 5.92. The zero-order chi connectivity index (χ0) is 9.59. The maximum Gasteiger partial charge on any atom is 0.0717 e. The van der Waals surface area contributed by atoms with Gasteiger partial charge in [-0.3, -0.25) is 4.68 Å². The van der Waals surface area contributed by atoms with Gasteiger partial charge in [0.05, 0.1) is 16.2 Å². The van der Waals surface area contributed by atoms with Gasteiger partial charge in [-0.2, -0.15) is 5.10 Å². The molecule has 0 aliphatic heterocycles. The van der Waals surface area contributed by atoms with Crippen LogP contribution in [0.15, 0.2) is 12.1 Å². The van der Waals surface area contributed by atoms with Crippen molar-refractivity contribution >= 4 is 28.2 Å². The van der Waals surface area contributed by atoms with Gasteiger partial charge in [-0.05, 0) is 19.1 Å². The predicted octanol–water partition coefficient (Wildman–Crippen LogP) is 2.12. The topological polar surface area (TPSA) is 43.8 Å². The van der Waals surface area contributed by atoms with Crippen molar-refractivity contribution in [1.29, 1.82) is 0 Å². The van der Waals surface area contributed by atoms with Crippen LogP contribution in [0.4, 0.5) is 5.69 Å². The van der Waals surface area contributed by atoms with Crippen LogP contribution in [0.3, 0.4) is 0 Å². The molecule has 2 rings (SSSR count). The Hall–Kier alpha value is -1.22. The fourth-order valence-corrected chi connectivity index (χ4v) is 1.91. The van der Waals surface area contributed by atoms with Crippen molar-refractivity contribution in [3.63, 3.8) is 0 Å². The zero-order valence-electron chi connectivity index (χ0n) is 7.50. The Kier molecular flexibility index (Phi) is 1.70. The standard InChI is InChI=1S/C9H10ClN3/c1-5-9-7(10)3-6(11)4-8(9)13(2)12-5/h3-4H,11H2,1-2H3. The largest absolute Gasteiger partial charge is 0.399 e. The first-order chi connectivity index (χ1) is 6.09. The van der Waals surface area contributed by atoms with Crippen LogP contribution in [0.5, 0.6) is 0 Å². The van der Waals surface area contributed by atoms with Gasteiger partial charge >= 0.3 is 0 Å². The lowest BCUT2D eigenvalue weighted by atomic mass is 10.2. The number of hydrogen-bond donors (Lipinski definition) is 1. The molecule has 1 heterocycles. The van der Waals surface area contributed by atoms with E-state index in [1.807, 2.05) is 20.0 Å². The normalized spacial score (nSPS) is 11.0. The summed E-state index contributed by atoms with van der Waals surface area (Å²) in [4.78, 5) is 0. The molecular weight excluding hydrogens is 186 g/mol. The second-order valence-corrected chi connectivity index (χ2v) is 3.51. The molecule has 3 nitrogen and oxygen atoms in total. The van der Waals surface area contributed by atoms with Gasteiger partial charge in [-0.25, -0.2) is 0 Å². The summed E-state index contributed by atoms with van der Waals surface area (Å²) < 4.78 is 1.78. The van der Waals surface area contributed by atoms with Gasteiger partial charge in [-0.1, -0.05) is 11.6 Å². The predicted molar refractivity (Wildman–Crippen MR) is 54.9 cm³/mol. The molecule has 0 fully saturated rings. The lowest BCUT2D eigenvalue weighted by Gasteiger charge is -1.98. The molecule has 68 valence electrons. The molecule has 0 atom stereocenters. The molecule has 0 bridgehead atoms. The maximum atomic E-state index is 6.05. The van der Waals surface area contributed by atoms with Crippen LogP contribution in [-0.4, -0.2) is 9.78 Å². The van der Waals surface area contributed by atoms with Crippen molar-refractivity contribution in [3.05, 3.63) is 22.8 Å². The van der Waals surface area contributed by atoms with E-state index in [0.717, 1.165) is 16.6 Å². The minimum absolute atomic E-state index is 0.667. The van der Waals surface area contributed by atoms with E-state index in [1.165, 1.54) is 0 Å². The third kappa shape index (κ3) is 1.16. The van der Waals surface area contributed by atoms with Gasteiger partial charge in [0.15, 0.2) is 0 Å². The second kappa shape index (κ2) is 2.64. The van der Waals surface area contributed by atoms with Gasteiger partial charge in [-0.15, -0.1) is 0 Å². The quantitative estimate of drug-likeness (QED) is 0.655. The lowest BCUT2D eigenvalue weighted by molar-refractivity contribution is 0.783. The smallest absolute Gasteiger partial charge is 0.0717 e. The minimum atomic E-state index is 0.667. The highest BCUT2D eigenvalue weighted by molar-refractivity contribution is 6.36. The number of rotatable bonds is 0. The summed E-state index contributed by atoms with van der Waals surface area (Å²) in [6, 6.07) is 3.62. The number of nitrogens with two attached hydrogens (primary N) is 1. The van der Waals surface area contributed by atoms with Gasteiger partial charge in [0.2, 0.25) is 0 Å². The molecule has 2 N–H and O–H groups in total. The average Bonchev–Trinajstić information content (AvgIpc) is 2.27. The fraction of sp³-hybridized carbons (Fsp3) is 0.222. The average molecular weight is 196 g/mol. The van der Waals surface area contributed by atoms with Crippen molar-refractivity contribution in [2.45, 2.75) is 6.92 Å². The van der Waals surface area contributed by atoms with Crippen molar-refractivity contribution in [3.8, 4) is 0 Å². The van der Waals surface area contributed by atoms with Crippen molar-refractivity contribution < 1.29 is 0 Å². The first-order valence-electron chi connectivity index (χ1n) is 3.98. The van der Waals surface area contributed by atoms with Crippen LogP contribution < -0.4 is 5.73 Å². The van der Waals surface area contributed by atoms with Crippen LogP contribution >= 0.6 is 11.6 Å². The van der Waals surface area contributed by atoms with Crippen molar-refractivity contribution in [2.24, 2.45) is 7.05 Å². The van der Waals surface area contributed by atoms with E-state index in [2.05, 4.69) is 5.10 Å². The summed E-state index contributed by atoms with van der Waals surface area (Å²) in [5.41, 5.74) is 8.25.